The Hall–Kier alpha value is -0.570. The fourth-order valence-electron chi connectivity index (χ4n) is 12.0. The molecule has 1 spiro atoms. The molecule has 3 heteroatoms. The van der Waals surface area contributed by atoms with E-state index in [0.29, 0.717) is 34.2 Å². The van der Waals surface area contributed by atoms with Gasteiger partial charge < -0.3 is 9.47 Å². The molecule has 5 saturated carbocycles. The fourth-order valence-corrected chi connectivity index (χ4v) is 12.0. The van der Waals surface area contributed by atoms with Crippen LogP contribution in [-0.2, 0) is 14.3 Å². The highest BCUT2D eigenvalue weighted by molar-refractivity contribution is 5.66. The average Bonchev–Trinajstić information content (AvgIpc) is 3.48. The molecular formula is C32H52O3. The second kappa shape index (κ2) is 6.89. The molecule has 6 fully saturated rings. The summed E-state index contributed by atoms with van der Waals surface area (Å²) in [5, 5.41) is 0. The van der Waals surface area contributed by atoms with Crippen LogP contribution < -0.4 is 0 Å². The quantitative estimate of drug-likeness (QED) is 0.280. The third kappa shape index (κ3) is 2.86. The topological polar surface area (TPSA) is 38.8 Å². The molecule has 0 aromatic heterocycles. The zero-order valence-corrected chi connectivity index (χ0v) is 24.2. The van der Waals surface area contributed by atoms with E-state index in [2.05, 4.69) is 55.4 Å². The van der Waals surface area contributed by atoms with Crippen molar-refractivity contribution in [3.8, 4) is 0 Å². The maximum Gasteiger partial charge on any atom is 0.302 e. The molecule has 0 aromatic carbocycles. The lowest BCUT2D eigenvalue weighted by molar-refractivity contribution is -0.243. The maximum atomic E-state index is 11.9. The monoisotopic (exact) mass is 484 g/mol. The van der Waals surface area contributed by atoms with Crippen LogP contribution in [0.3, 0.4) is 0 Å². The van der Waals surface area contributed by atoms with Gasteiger partial charge in [-0.3, -0.25) is 4.79 Å². The molecule has 0 radical (unpaired) electrons. The van der Waals surface area contributed by atoms with Crippen molar-refractivity contribution in [3.05, 3.63) is 0 Å². The Morgan fingerprint density at radius 1 is 0.800 bits per heavy atom. The summed E-state index contributed by atoms with van der Waals surface area (Å²) in [6.07, 6.45) is 13.3. The van der Waals surface area contributed by atoms with Gasteiger partial charge in [0, 0.05) is 17.8 Å². The first-order valence-electron chi connectivity index (χ1n) is 14.9. The van der Waals surface area contributed by atoms with E-state index in [4.69, 9.17) is 9.47 Å². The highest BCUT2D eigenvalue weighted by Crippen LogP contribution is 2.82. The Labute approximate surface area is 214 Å². The molecule has 1 heterocycles. The molecule has 35 heavy (non-hydrogen) atoms. The van der Waals surface area contributed by atoms with E-state index in [1.54, 1.807) is 6.92 Å². The van der Waals surface area contributed by atoms with Crippen LogP contribution in [0.4, 0.5) is 0 Å². The Balaban J connectivity index is 1.38. The Bertz CT molecular complexity index is 937. The minimum absolute atomic E-state index is 0.00301. The van der Waals surface area contributed by atoms with Gasteiger partial charge in [-0.1, -0.05) is 55.4 Å². The van der Waals surface area contributed by atoms with E-state index < -0.39 is 0 Å². The first-order valence-corrected chi connectivity index (χ1v) is 14.9. The largest absolute Gasteiger partial charge is 0.462 e. The van der Waals surface area contributed by atoms with Crippen molar-refractivity contribution in [1.82, 2.24) is 0 Å². The number of esters is 1. The van der Waals surface area contributed by atoms with Gasteiger partial charge in [-0.05, 0) is 104 Å². The molecule has 10 atom stereocenters. The van der Waals surface area contributed by atoms with Crippen LogP contribution in [0.25, 0.3) is 0 Å². The lowest BCUT2D eigenvalue weighted by Gasteiger charge is -2.72. The smallest absolute Gasteiger partial charge is 0.302 e. The maximum absolute atomic E-state index is 11.9. The Morgan fingerprint density at radius 3 is 2.17 bits per heavy atom. The summed E-state index contributed by atoms with van der Waals surface area (Å²) in [5.41, 5.74) is 1.92. The van der Waals surface area contributed by atoms with Gasteiger partial charge in [-0.15, -0.1) is 0 Å². The highest BCUT2D eigenvalue weighted by Gasteiger charge is 2.84. The summed E-state index contributed by atoms with van der Waals surface area (Å²) < 4.78 is 13.0. The van der Waals surface area contributed by atoms with E-state index in [-0.39, 0.29) is 33.9 Å². The molecule has 1 aliphatic heterocycles. The first kappa shape index (κ1) is 24.7. The third-order valence-electron chi connectivity index (χ3n) is 14.3. The second-order valence-electron chi connectivity index (χ2n) is 16.6. The molecule has 3 nitrogen and oxygen atoms in total. The van der Waals surface area contributed by atoms with E-state index in [1.165, 1.54) is 51.4 Å². The Kier molecular flexibility index (Phi) is 4.87. The minimum Gasteiger partial charge on any atom is -0.462 e. The van der Waals surface area contributed by atoms with Crippen molar-refractivity contribution in [1.29, 1.82) is 0 Å². The standard InChI is InChI=1S/C32H52O3/c1-20(33)34-24-11-12-29(7)21-10-13-30(8)23-19-26(2,3)14-15-28(23,6)16-17-31(30,9)32(21)25(35-32)18-22(29)27(24,4)5/h21-25H,10-19H2,1-9H3/t21-,22+,23-,24+,25-,28-,29-,30+,31-,32+/m1/s1. The highest BCUT2D eigenvalue weighted by atomic mass is 16.6. The summed E-state index contributed by atoms with van der Waals surface area (Å²) in [7, 11) is 0. The molecule has 0 bridgehead atoms. The van der Waals surface area contributed by atoms with Gasteiger partial charge in [-0.2, -0.15) is 0 Å². The van der Waals surface area contributed by atoms with Gasteiger partial charge in [-0.25, -0.2) is 0 Å². The number of hydrogen-bond acceptors (Lipinski definition) is 3. The van der Waals surface area contributed by atoms with Crippen LogP contribution in [0.5, 0.6) is 0 Å². The zero-order valence-electron chi connectivity index (χ0n) is 24.2. The molecule has 0 N–H and O–H groups in total. The lowest BCUT2D eigenvalue weighted by atomic mass is 9.31. The van der Waals surface area contributed by atoms with E-state index in [0.717, 1.165) is 18.8 Å². The fraction of sp³-hybridized carbons (Fsp3) is 0.969. The van der Waals surface area contributed by atoms with Crippen LogP contribution in [0.1, 0.15) is 127 Å². The van der Waals surface area contributed by atoms with Crippen molar-refractivity contribution in [3.63, 3.8) is 0 Å². The predicted octanol–water partition coefficient (Wildman–Crippen LogP) is 7.95. The summed E-state index contributed by atoms with van der Waals surface area (Å²) in [6, 6.07) is 0. The van der Waals surface area contributed by atoms with Crippen LogP contribution in [0.15, 0.2) is 0 Å². The zero-order chi connectivity index (χ0) is 25.4. The van der Waals surface area contributed by atoms with Gasteiger partial charge in [0.2, 0.25) is 0 Å². The summed E-state index contributed by atoms with van der Waals surface area (Å²) in [4.78, 5) is 11.9. The number of carbonyl (C=O) groups is 1. The van der Waals surface area contributed by atoms with Crippen LogP contribution in [0.2, 0.25) is 0 Å². The van der Waals surface area contributed by atoms with Crippen molar-refractivity contribution in [2.24, 2.45) is 50.2 Å². The first-order chi connectivity index (χ1) is 16.1. The number of hydrogen-bond donors (Lipinski definition) is 0. The average molecular weight is 485 g/mol. The van der Waals surface area contributed by atoms with Crippen LogP contribution >= 0.6 is 0 Å². The van der Waals surface area contributed by atoms with Crippen molar-refractivity contribution >= 4 is 5.97 Å². The van der Waals surface area contributed by atoms with Crippen molar-refractivity contribution in [2.45, 2.75) is 144 Å². The number of epoxide rings is 1. The SMILES string of the molecule is CC(=O)O[C@H]1CC[C@]2(C)[C@H]3CC[C@@]4(C)[C@@H]5CC(C)(C)CC[C@]5(C)CC[C@@]4(C)[C@]34O[C@@H]4C[C@H]2C1(C)C. The van der Waals surface area contributed by atoms with Gasteiger partial charge in [0.15, 0.2) is 0 Å². The van der Waals surface area contributed by atoms with E-state index in [1.807, 2.05) is 0 Å². The second-order valence-corrected chi connectivity index (χ2v) is 16.6. The van der Waals surface area contributed by atoms with Crippen molar-refractivity contribution < 1.29 is 14.3 Å². The van der Waals surface area contributed by atoms with Gasteiger partial charge >= 0.3 is 5.97 Å². The van der Waals surface area contributed by atoms with Crippen LogP contribution in [-0.4, -0.2) is 23.8 Å². The molecule has 6 aliphatic rings. The lowest BCUT2D eigenvalue weighted by Crippen LogP contribution is -2.70. The van der Waals surface area contributed by atoms with Gasteiger partial charge in [0.25, 0.3) is 0 Å². The van der Waals surface area contributed by atoms with E-state index in [9.17, 15) is 4.79 Å². The van der Waals surface area contributed by atoms with Gasteiger partial charge in [0.05, 0.1) is 6.10 Å². The third-order valence-corrected chi connectivity index (χ3v) is 14.3. The summed E-state index contributed by atoms with van der Waals surface area (Å²) >= 11 is 0. The molecule has 0 amide bonds. The van der Waals surface area contributed by atoms with Crippen LogP contribution in [0, 0.1) is 50.2 Å². The summed E-state index contributed by atoms with van der Waals surface area (Å²) in [5.74, 6) is 1.87. The molecule has 0 aromatic rings. The number of carbonyl (C=O) groups excluding carboxylic acids is 1. The number of ether oxygens (including phenoxy) is 2. The molecule has 0 unspecified atom stereocenters. The Morgan fingerprint density at radius 2 is 1.49 bits per heavy atom. The van der Waals surface area contributed by atoms with E-state index >= 15 is 0 Å². The number of rotatable bonds is 1. The predicted molar refractivity (Wildman–Crippen MR) is 140 cm³/mol. The molecule has 6 rings (SSSR count). The van der Waals surface area contributed by atoms with Crippen molar-refractivity contribution in [2.75, 3.05) is 0 Å². The number of fused-ring (bicyclic) bond motifs is 5. The summed E-state index contributed by atoms with van der Waals surface area (Å²) in [6.45, 7) is 22.0. The normalized spacial score (nSPS) is 57.5. The molecular weight excluding hydrogens is 432 g/mol. The molecule has 1 saturated heterocycles. The molecule has 5 aliphatic carbocycles. The minimum atomic E-state index is -0.124. The van der Waals surface area contributed by atoms with Gasteiger partial charge in [0.1, 0.15) is 11.7 Å². The molecule has 198 valence electrons.